The van der Waals surface area contributed by atoms with Crippen LogP contribution in [0, 0.1) is 6.92 Å². The highest BCUT2D eigenvalue weighted by molar-refractivity contribution is 5.83. The molecule has 0 radical (unpaired) electrons. The van der Waals surface area contributed by atoms with Crippen LogP contribution >= 0.6 is 0 Å². The van der Waals surface area contributed by atoms with E-state index in [0.717, 1.165) is 36.3 Å². The standard InChI is InChI=1S/C23H27N3O/c1-3-8-22(21-11-5-4-6-12-21)23(27)25-16-19-9-7-10-20(15-19)17-26-14-13-24-18(26)2/h4-7,9-15,22H,3,8,16-17H2,1-2H3,(H,25,27). The van der Waals surface area contributed by atoms with Crippen molar-refractivity contribution >= 4 is 5.91 Å². The van der Waals surface area contributed by atoms with Crippen molar-refractivity contribution in [1.82, 2.24) is 14.9 Å². The highest BCUT2D eigenvalue weighted by Gasteiger charge is 2.19. The van der Waals surface area contributed by atoms with Crippen LogP contribution in [0.2, 0.25) is 0 Å². The van der Waals surface area contributed by atoms with E-state index in [0.29, 0.717) is 6.54 Å². The SMILES string of the molecule is CCCC(C(=O)NCc1cccc(Cn2ccnc2C)c1)c1ccccc1. The Morgan fingerprint density at radius 2 is 1.89 bits per heavy atom. The second-order valence-electron chi connectivity index (χ2n) is 6.89. The van der Waals surface area contributed by atoms with E-state index in [4.69, 9.17) is 0 Å². The van der Waals surface area contributed by atoms with Crippen LogP contribution in [0.4, 0.5) is 0 Å². The van der Waals surface area contributed by atoms with Crippen molar-refractivity contribution in [1.29, 1.82) is 0 Å². The largest absolute Gasteiger partial charge is 0.351 e. The van der Waals surface area contributed by atoms with Gasteiger partial charge in [0.1, 0.15) is 5.82 Å². The van der Waals surface area contributed by atoms with Crippen LogP contribution in [0.3, 0.4) is 0 Å². The second kappa shape index (κ2) is 9.17. The second-order valence-corrected chi connectivity index (χ2v) is 6.89. The molecule has 0 aliphatic heterocycles. The molecule has 0 saturated carbocycles. The lowest BCUT2D eigenvalue weighted by molar-refractivity contribution is -0.122. The smallest absolute Gasteiger partial charge is 0.227 e. The molecule has 0 saturated heterocycles. The lowest BCUT2D eigenvalue weighted by atomic mass is 9.93. The zero-order valence-corrected chi connectivity index (χ0v) is 16.1. The van der Waals surface area contributed by atoms with Crippen molar-refractivity contribution in [3.8, 4) is 0 Å². The fraction of sp³-hybridized carbons (Fsp3) is 0.304. The summed E-state index contributed by atoms with van der Waals surface area (Å²) in [5, 5.41) is 3.12. The van der Waals surface area contributed by atoms with Crippen molar-refractivity contribution in [3.05, 3.63) is 89.5 Å². The molecule has 1 unspecified atom stereocenters. The Balaban J connectivity index is 1.64. The molecule has 4 nitrogen and oxygen atoms in total. The Bertz CT molecular complexity index is 870. The molecule has 1 heterocycles. The Hall–Kier alpha value is -2.88. The molecule has 4 heteroatoms. The van der Waals surface area contributed by atoms with Gasteiger partial charge >= 0.3 is 0 Å². The van der Waals surface area contributed by atoms with Gasteiger partial charge in [-0.05, 0) is 30.0 Å². The Labute approximate surface area is 161 Å². The Morgan fingerprint density at radius 1 is 1.11 bits per heavy atom. The normalized spacial score (nSPS) is 11.9. The van der Waals surface area contributed by atoms with Gasteiger partial charge in [0.25, 0.3) is 0 Å². The molecule has 0 bridgehead atoms. The lowest BCUT2D eigenvalue weighted by Gasteiger charge is -2.17. The van der Waals surface area contributed by atoms with Crippen LogP contribution < -0.4 is 5.32 Å². The van der Waals surface area contributed by atoms with Crippen LogP contribution in [0.25, 0.3) is 0 Å². The van der Waals surface area contributed by atoms with Gasteiger partial charge < -0.3 is 9.88 Å². The fourth-order valence-corrected chi connectivity index (χ4v) is 3.34. The molecule has 0 fully saturated rings. The number of nitrogens with zero attached hydrogens (tertiary/aromatic N) is 2. The number of carbonyl (C=O) groups excluding carboxylic acids is 1. The first-order valence-corrected chi connectivity index (χ1v) is 9.55. The highest BCUT2D eigenvalue weighted by atomic mass is 16.1. The summed E-state index contributed by atoms with van der Waals surface area (Å²) < 4.78 is 2.12. The number of imidazole rings is 1. The number of aromatic nitrogens is 2. The highest BCUT2D eigenvalue weighted by Crippen LogP contribution is 2.21. The minimum absolute atomic E-state index is 0.0898. The molecule has 1 amide bonds. The Morgan fingerprint density at radius 3 is 2.59 bits per heavy atom. The van der Waals surface area contributed by atoms with Gasteiger partial charge in [-0.3, -0.25) is 4.79 Å². The number of amides is 1. The molecule has 1 aromatic heterocycles. The Kier molecular flexibility index (Phi) is 6.42. The van der Waals surface area contributed by atoms with Crippen molar-refractivity contribution in [2.75, 3.05) is 0 Å². The van der Waals surface area contributed by atoms with Gasteiger partial charge in [-0.15, -0.1) is 0 Å². The van der Waals surface area contributed by atoms with E-state index < -0.39 is 0 Å². The first-order valence-electron chi connectivity index (χ1n) is 9.55. The van der Waals surface area contributed by atoms with Crippen molar-refractivity contribution in [2.24, 2.45) is 0 Å². The maximum Gasteiger partial charge on any atom is 0.227 e. The number of aryl methyl sites for hydroxylation is 1. The molecule has 1 atom stereocenters. The molecular formula is C23H27N3O. The number of hydrogen-bond donors (Lipinski definition) is 1. The van der Waals surface area contributed by atoms with Crippen LogP contribution in [-0.2, 0) is 17.9 Å². The molecule has 3 rings (SSSR count). The van der Waals surface area contributed by atoms with Crippen LogP contribution in [0.1, 0.15) is 48.2 Å². The summed E-state index contributed by atoms with van der Waals surface area (Å²) in [5.74, 6) is 1.01. The van der Waals surface area contributed by atoms with Crippen LogP contribution in [0.15, 0.2) is 67.0 Å². The van der Waals surface area contributed by atoms with Gasteiger partial charge in [0, 0.05) is 25.5 Å². The minimum atomic E-state index is -0.0898. The third-order valence-corrected chi connectivity index (χ3v) is 4.83. The monoisotopic (exact) mass is 361 g/mol. The van der Waals surface area contributed by atoms with Gasteiger partial charge in [-0.25, -0.2) is 4.98 Å². The zero-order valence-electron chi connectivity index (χ0n) is 16.1. The van der Waals surface area contributed by atoms with E-state index in [1.165, 1.54) is 5.56 Å². The zero-order chi connectivity index (χ0) is 19.1. The average molecular weight is 361 g/mol. The first-order chi connectivity index (χ1) is 13.2. The summed E-state index contributed by atoms with van der Waals surface area (Å²) in [7, 11) is 0. The molecule has 140 valence electrons. The molecule has 0 spiro atoms. The molecule has 0 aliphatic rings. The van der Waals surface area contributed by atoms with E-state index in [1.807, 2.05) is 55.7 Å². The summed E-state index contributed by atoms with van der Waals surface area (Å²) in [6.45, 7) is 5.45. The molecule has 3 aromatic rings. The summed E-state index contributed by atoms with van der Waals surface area (Å²) in [4.78, 5) is 17.0. The predicted molar refractivity (Wildman–Crippen MR) is 108 cm³/mol. The number of benzene rings is 2. The summed E-state index contributed by atoms with van der Waals surface area (Å²) in [6, 6.07) is 18.4. The van der Waals surface area contributed by atoms with Gasteiger partial charge in [0.2, 0.25) is 5.91 Å². The van der Waals surface area contributed by atoms with Crippen LogP contribution in [0.5, 0.6) is 0 Å². The van der Waals surface area contributed by atoms with Crippen molar-refractivity contribution < 1.29 is 4.79 Å². The third kappa shape index (κ3) is 5.07. The van der Waals surface area contributed by atoms with Gasteiger partial charge in [-0.2, -0.15) is 0 Å². The number of carbonyl (C=O) groups is 1. The number of nitrogens with one attached hydrogen (secondary N) is 1. The first kappa shape index (κ1) is 18.9. The maximum atomic E-state index is 12.8. The molecule has 0 aliphatic carbocycles. The molecule has 27 heavy (non-hydrogen) atoms. The fourth-order valence-electron chi connectivity index (χ4n) is 3.34. The van der Waals surface area contributed by atoms with Gasteiger partial charge in [-0.1, -0.05) is 67.9 Å². The van der Waals surface area contributed by atoms with E-state index in [1.54, 1.807) is 0 Å². The van der Waals surface area contributed by atoms with E-state index in [9.17, 15) is 4.79 Å². The third-order valence-electron chi connectivity index (χ3n) is 4.83. The van der Waals surface area contributed by atoms with Gasteiger partial charge in [0.05, 0.1) is 5.92 Å². The minimum Gasteiger partial charge on any atom is -0.351 e. The summed E-state index contributed by atoms with van der Waals surface area (Å²) in [6.07, 6.45) is 5.64. The lowest BCUT2D eigenvalue weighted by Crippen LogP contribution is -2.29. The number of hydrogen-bond acceptors (Lipinski definition) is 2. The van der Waals surface area contributed by atoms with E-state index in [2.05, 4.69) is 40.0 Å². The molecule has 2 aromatic carbocycles. The average Bonchev–Trinajstić information content (AvgIpc) is 3.10. The quantitative estimate of drug-likeness (QED) is 0.645. The predicted octanol–water partition coefficient (Wildman–Crippen LogP) is 4.44. The molecule has 1 N–H and O–H groups in total. The molecular weight excluding hydrogens is 334 g/mol. The summed E-state index contributed by atoms with van der Waals surface area (Å²) >= 11 is 0. The van der Waals surface area contributed by atoms with Gasteiger partial charge in [0.15, 0.2) is 0 Å². The van der Waals surface area contributed by atoms with Crippen molar-refractivity contribution in [3.63, 3.8) is 0 Å². The number of rotatable bonds is 8. The van der Waals surface area contributed by atoms with Crippen LogP contribution in [-0.4, -0.2) is 15.5 Å². The topological polar surface area (TPSA) is 46.9 Å². The van der Waals surface area contributed by atoms with E-state index >= 15 is 0 Å². The van der Waals surface area contributed by atoms with Crippen molar-refractivity contribution in [2.45, 2.75) is 45.7 Å². The summed E-state index contributed by atoms with van der Waals surface area (Å²) in [5.41, 5.74) is 3.40. The maximum absolute atomic E-state index is 12.8. The van der Waals surface area contributed by atoms with E-state index in [-0.39, 0.29) is 11.8 Å².